The summed E-state index contributed by atoms with van der Waals surface area (Å²) in [5, 5.41) is 0. The molecule has 0 aliphatic carbocycles. The molecule has 1 rings (SSSR count). The third-order valence-corrected chi connectivity index (χ3v) is 2.96. The summed E-state index contributed by atoms with van der Waals surface area (Å²) < 4.78 is 0. The maximum absolute atomic E-state index is 8.00. The topological polar surface area (TPSA) is 40.6 Å². The van der Waals surface area contributed by atoms with Crippen molar-refractivity contribution in [3.8, 4) is 0 Å². The normalized spacial score (nSPS) is 15.4. The fraction of sp³-hybridized carbons (Fsp3) is 0.875. The Morgan fingerprint density at radius 2 is 1.45 bits per heavy atom. The van der Waals surface area contributed by atoms with Crippen LogP contribution in [0.3, 0.4) is 0 Å². The molecule has 0 atom stereocenters. The van der Waals surface area contributed by atoms with Gasteiger partial charge < -0.3 is 19.4 Å². The van der Waals surface area contributed by atoms with Crippen LogP contribution in [0.4, 0.5) is 0 Å². The van der Waals surface area contributed by atoms with Gasteiger partial charge in [0.2, 0.25) is 0 Å². The van der Waals surface area contributed by atoms with Gasteiger partial charge in [-0.05, 0) is 45.9 Å². The van der Waals surface area contributed by atoms with Gasteiger partial charge in [0.05, 0.1) is 0 Å². The van der Waals surface area contributed by atoms with Crippen molar-refractivity contribution in [1.29, 1.82) is 0 Å². The fourth-order valence-electron chi connectivity index (χ4n) is 2.16. The van der Waals surface area contributed by atoms with Crippen LogP contribution in [0.15, 0.2) is 0 Å². The zero-order valence-corrected chi connectivity index (χ0v) is 14.5. The molecule has 1 fully saturated rings. The second kappa shape index (κ2) is 18.3. The van der Waals surface area contributed by atoms with E-state index < -0.39 is 0 Å². The number of carbonyl (C=O) groups is 2. The monoisotopic (exact) mass is 288 g/mol. The van der Waals surface area contributed by atoms with E-state index in [-0.39, 0.29) is 0 Å². The lowest BCUT2D eigenvalue weighted by molar-refractivity contribution is -0.0987. The molecular weight excluding hydrogens is 252 g/mol. The van der Waals surface area contributed by atoms with Crippen molar-refractivity contribution in [2.24, 2.45) is 5.92 Å². The maximum Gasteiger partial charge on any atom is 0.106 e. The molecule has 0 saturated carbocycles. The van der Waals surface area contributed by atoms with Gasteiger partial charge in [-0.15, -0.1) is 0 Å². The van der Waals surface area contributed by atoms with Gasteiger partial charge >= 0.3 is 0 Å². The summed E-state index contributed by atoms with van der Waals surface area (Å²) in [7, 11) is 4.49. The molecule has 0 bridgehead atoms. The quantitative estimate of drug-likeness (QED) is 0.800. The molecule has 122 valence electrons. The lowest BCUT2D eigenvalue weighted by Gasteiger charge is -2.35. The number of piperidine rings is 1. The lowest BCUT2D eigenvalue weighted by Crippen LogP contribution is -2.43. The lowest BCUT2D eigenvalue weighted by atomic mass is 10.0. The Morgan fingerprint density at radius 3 is 1.75 bits per heavy atom. The minimum Gasteiger partial charge on any atom is -0.307 e. The van der Waals surface area contributed by atoms with E-state index in [1.807, 2.05) is 13.6 Å². The first kappa shape index (κ1) is 24.3. The molecular formula is C16H36N2O2. The van der Waals surface area contributed by atoms with Crippen molar-refractivity contribution >= 4 is 13.6 Å². The Hall–Kier alpha value is -0.740. The summed E-state index contributed by atoms with van der Waals surface area (Å²) in [5.74, 6) is 0.796. The molecule has 0 aromatic rings. The Kier molecular flexibility index (Phi) is 22.2. The summed E-state index contributed by atoms with van der Waals surface area (Å²) >= 11 is 0. The third-order valence-electron chi connectivity index (χ3n) is 2.96. The Bertz CT molecular complexity index is 179. The summed E-state index contributed by atoms with van der Waals surface area (Å²) in [6.45, 7) is 16.6. The molecule has 4 heteroatoms. The van der Waals surface area contributed by atoms with E-state index in [0.29, 0.717) is 0 Å². The SMILES string of the molecule is C=O.C=O.CC(C)CN(C)C1CCN(C)CC1.CCC. The predicted molar refractivity (Wildman–Crippen MR) is 88.2 cm³/mol. The first-order chi connectivity index (χ1) is 9.51. The zero-order valence-electron chi connectivity index (χ0n) is 14.5. The van der Waals surface area contributed by atoms with Gasteiger partial charge in [0.25, 0.3) is 0 Å². The predicted octanol–water partition coefficient (Wildman–Crippen LogP) is 2.71. The number of nitrogens with zero attached hydrogens (tertiary/aromatic N) is 2. The first-order valence-electron chi connectivity index (χ1n) is 7.47. The molecule has 4 nitrogen and oxygen atoms in total. The highest BCUT2D eigenvalue weighted by Crippen LogP contribution is 2.14. The average Bonchev–Trinajstić information content (AvgIpc) is 2.44. The zero-order chi connectivity index (χ0) is 16.6. The Balaban J connectivity index is -0.000000355. The van der Waals surface area contributed by atoms with Crippen LogP contribution in [0.1, 0.15) is 47.0 Å². The number of likely N-dealkylation sites (tertiary alicyclic amines) is 1. The van der Waals surface area contributed by atoms with E-state index in [1.54, 1.807) is 0 Å². The minimum absolute atomic E-state index is 0.796. The molecule has 0 N–H and O–H groups in total. The molecule has 0 aromatic heterocycles. The molecule has 0 aromatic carbocycles. The van der Waals surface area contributed by atoms with Crippen LogP contribution in [0.5, 0.6) is 0 Å². The smallest absolute Gasteiger partial charge is 0.106 e. The highest BCUT2D eigenvalue weighted by molar-refractivity contribution is 5.11. The number of hydrogen-bond acceptors (Lipinski definition) is 4. The molecule has 1 aliphatic heterocycles. The van der Waals surface area contributed by atoms with E-state index in [2.05, 4.69) is 51.6 Å². The number of carbonyl (C=O) groups excluding carboxylic acids is 2. The van der Waals surface area contributed by atoms with Crippen molar-refractivity contribution in [3.63, 3.8) is 0 Å². The first-order valence-corrected chi connectivity index (χ1v) is 7.47. The van der Waals surface area contributed by atoms with Crippen molar-refractivity contribution < 1.29 is 9.59 Å². The maximum atomic E-state index is 8.00. The van der Waals surface area contributed by atoms with Crippen LogP contribution >= 0.6 is 0 Å². The standard InChI is InChI=1S/C11H24N2.C3H8.2CH2O/c1-10(2)9-13(4)11-5-7-12(3)8-6-11;1-3-2;2*1-2/h10-11H,5-9H2,1-4H3;3H2,1-2H3;2*1H2. The molecule has 0 radical (unpaired) electrons. The minimum atomic E-state index is 0.796. The van der Waals surface area contributed by atoms with Gasteiger partial charge in [0, 0.05) is 12.6 Å². The van der Waals surface area contributed by atoms with E-state index in [1.165, 1.54) is 38.9 Å². The Labute approximate surface area is 126 Å². The summed E-state index contributed by atoms with van der Waals surface area (Å²) in [4.78, 5) is 21.0. The molecule has 1 aliphatic rings. The Morgan fingerprint density at radius 1 is 1.10 bits per heavy atom. The summed E-state index contributed by atoms with van der Waals surface area (Å²) in [6, 6.07) is 0.832. The molecule has 20 heavy (non-hydrogen) atoms. The van der Waals surface area contributed by atoms with E-state index in [9.17, 15) is 0 Å². The van der Waals surface area contributed by atoms with Crippen LogP contribution in [0, 0.1) is 5.92 Å². The van der Waals surface area contributed by atoms with Gasteiger partial charge in [-0.3, -0.25) is 0 Å². The van der Waals surface area contributed by atoms with Crippen molar-refractivity contribution in [2.75, 3.05) is 33.7 Å². The van der Waals surface area contributed by atoms with Crippen LogP contribution in [-0.4, -0.2) is 63.1 Å². The molecule has 0 spiro atoms. The van der Waals surface area contributed by atoms with Crippen LogP contribution in [0.2, 0.25) is 0 Å². The average molecular weight is 288 g/mol. The van der Waals surface area contributed by atoms with Gasteiger partial charge in [-0.2, -0.15) is 0 Å². The van der Waals surface area contributed by atoms with E-state index in [0.717, 1.165) is 12.0 Å². The van der Waals surface area contributed by atoms with Gasteiger partial charge in [-0.25, -0.2) is 0 Å². The van der Waals surface area contributed by atoms with Crippen molar-refractivity contribution in [3.05, 3.63) is 0 Å². The van der Waals surface area contributed by atoms with Crippen molar-refractivity contribution in [2.45, 2.75) is 53.0 Å². The van der Waals surface area contributed by atoms with Gasteiger partial charge in [-0.1, -0.05) is 34.1 Å². The molecule has 1 saturated heterocycles. The van der Waals surface area contributed by atoms with E-state index >= 15 is 0 Å². The fourth-order valence-corrected chi connectivity index (χ4v) is 2.16. The van der Waals surface area contributed by atoms with Crippen LogP contribution < -0.4 is 0 Å². The van der Waals surface area contributed by atoms with Crippen LogP contribution in [0.25, 0.3) is 0 Å². The highest BCUT2D eigenvalue weighted by Gasteiger charge is 2.20. The van der Waals surface area contributed by atoms with E-state index in [4.69, 9.17) is 9.59 Å². The van der Waals surface area contributed by atoms with Crippen LogP contribution in [-0.2, 0) is 9.59 Å². The van der Waals surface area contributed by atoms with Gasteiger partial charge in [0.15, 0.2) is 0 Å². The molecule has 0 unspecified atom stereocenters. The molecule has 0 amide bonds. The second-order valence-corrected chi connectivity index (χ2v) is 5.57. The number of rotatable bonds is 3. The van der Waals surface area contributed by atoms with Gasteiger partial charge in [0.1, 0.15) is 13.6 Å². The van der Waals surface area contributed by atoms with Crippen molar-refractivity contribution in [1.82, 2.24) is 9.80 Å². The summed E-state index contributed by atoms with van der Waals surface area (Å²) in [5.41, 5.74) is 0. The second-order valence-electron chi connectivity index (χ2n) is 5.57. The largest absolute Gasteiger partial charge is 0.307 e. The summed E-state index contributed by atoms with van der Waals surface area (Å²) in [6.07, 6.45) is 3.94. The number of hydrogen-bond donors (Lipinski definition) is 0. The molecule has 1 heterocycles. The highest BCUT2D eigenvalue weighted by atomic mass is 16.1. The third kappa shape index (κ3) is 15.3.